The number of benzene rings is 1. The van der Waals surface area contributed by atoms with Crippen LogP contribution in [0.15, 0.2) is 24.3 Å². The van der Waals surface area contributed by atoms with Gasteiger partial charge >= 0.3 is 6.61 Å². The van der Waals surface area contributed by atoms with Crippen molar-refractivity contribution in [1.29, 1.82) is 0 Å². The summed E-state index contributed by atoms with van der Waals surface area (Å²) >= 11 is 0. The molecular formula is C13H17ClF2N2O2. The monoisotopic (exact) mass is 306 g/mol. The molecule has 1 heterocycles. The molecule has 1 saturated heterocycles. The Kier molecular flexibility index (Phi) is 6.16. The molecule has 20 heavy (non-hydrogen) atoms. The second kappa shape index (κ2) is 7.40. The summed E-state index contributed by atoms with van der Waals surface area (Å²) in [6, 6.07) is 6.10. The first kappa shape index (κ1) is 16.7. The Labute approximate surface area is 122 Å². The Bertz CT molecular complexity index is 456. The van der Waals surface area contributed by atoms with Gasteiger partial charge in [-0.25, -0.2) is 0 Å². The summed E-state index contributed by atoms with van der Waals surface area (Å²) in [5.41, 5.74) is 0.545. The van der Waals surface area contributed by atoms with Crippen molar-refractivity contribution < 1.29 is 18.3 Å². The lowest BCUT2D eigenvalue weighted by Gasteiger charge is -2.28. The van der Waals surface area contributed by atoms with E-state index in [1.54, 1.807) is 25.1 Å². The zero-order valence-corrected chi connectivity index (χ0v) is 11.8. The molecule has 7 heteroatoms. The van der Waals surface area contributed by atoms with Gasteiger partial charge in [0, 0.05) is 18.7 Å². The SMILES string of the molecule is CC(NC(=O)C1CNC1)c1ccccc1OC(F)F.Cl. The van der Waals surface area contributed by atoms with Gasteiger partial charge in [0.1, 0.15) is 5.75 Å². The first-order chi connectivity index (χ1) is 9.08. The first-order valence-electron chi connectivity index (χ1n) is 6.12. The average molecular weight is 307 g/mol. The summed E-state index contributed by atoms with van der Waals surface area (Å²) in [4.78, 5) is 11.8. The molecule has 1 aliphatic rings. The first-order valence-corrected chi connectivity index (χ1v) is 6.12. The van der Waals surface area contributed by atoms with E-state index in [0.29, 0.717) is 18.7 Å². The minimum atomic E-state index is -2.88. The Morgan fingerprint density at radius 1 is 1.40 bits per heavy atom. The van der Waals surface area contributed by atoms with E-state index in [9.17, 15) is 13.6 Å². The number of carbonyl (C=O) groups excluding carboxylic acids is 1. The van der Waals surface area contributed by atoms with E-state index >= 15 is 0 Å². The molecule has 1 aliphatic heterocycles. The van der Waals surface area contributed by atoms with Crippen LogP contribution in [0.5, 0.6) is 5.75 Å². The lowest BCUT2D eigenvalue weighted by atomic mass is 10.0. The quantitative estimate of drug-likeness (QED) is 0.876. The number of nitrogens with one attached hydrogen (secondary N) is 2. The topological polar surface area (TPSA) is 50.4 Å². The fraction of sp³-hybridized carbons (Fsp3) is 0.462. The minimum Gasteiger partial charge on any atom is -0.434 e. The van der Waals surface area contributed by atoms with Crippen molar-refractivity contribution in [3.05, 3.63) is 29.8 Å². The predicted octanol–water partition coefficient (Wildman–Crippen LogP) is 2.11. The van der Waals surface area contributed by atoms with E-state index in [4.69, 9.17) is 0 Å². The number of hydrogen-bond acceptors (Lipinski definition) is 3. The molecule has 1 atom stereocenters. The highest BCUT2D eigenvalue weighted by Gasteiger charge is 2.26. The molecule has 0 aliphatic carbocycles. The van der Waals surface area contributed by atoms with Crippen LogP contribution >= 0.6 is 12.4 Å². The van der Waals surface area contributed by atoms with Gasteiger partial charge in [-0.2, -0.15) is 8.78 Å². The lowest BCUT2D eigenvalue weighted by Crippen LogP contribution is -2.51. The number of halogens is 3. The second-order valence-corrected chi connectivity index (χ2v) is 4.50. The Hall–Kier alpha value is -1.40. The van der Waals surface area contributed by atoms with E-state index in [1.165, 1.54) is 6.07 Å². The molecule has 0 spiro atoms. The van der Waals surface area contributed by atoms with E-state index < -0.39 is 6.61 Å². The summed E-state index contributed by atoms with van der Waals surface area (Å²) in [6.45, 7) is 0.193. The molecule has 112 valence electrons. The van der Waals surface area contributed by atoms with Gasteiger partial charge in [0.15, 0.2) is 0 Å². The van der Waals surface area contributed by atoms with Gasteiger partial charge in [0.2, 0.25) is 5.91 Å². The molecule has 1 aromatic rings. The van der Waals surface area contributed by atoms with Crippen LogP contribution in [0.3, 0.4) is 0 Å². The standard InChI is InChI=1S/C13H16F2N2O2.ClH/c1-8(17-12(18)9-6-16-7-9)10-4-2-3-5-11(10)19-13(14)15;/h2-5,8-9,13,16H,6-7H2,1H3,(H,17,18);1H. The van der Waals surface area contributed by atoms with Crippen LogP contribution in [0.4, 0.5) is 8.78 Å². The zero-order chi connectivity index (χ0) is 13.8. The summed E-state index contributed by atoms with van der Waals surface area (Å²) < 4.78 is 29.1. The van der Waals surface area contributed by atoms with Crippen molar-refractivity contribution in [2.45, 2.75) is 19.6 Å². The third-order valence-electron chi connectivity index (χ3n) is 3.11. The van der Waals surface area contributed by atoms with Crippen LogP contribution in [-0.2, 0) is 4.79 Å². The van der Waals surface area contributed by atoms with Crippen LogP contribution in [0.1, 0.15) is 18.5 Å². The van der Waals surface area contributed by atoms with Crippen LogP contribution in [0, 0.1) is 5.92 Å². The summed E-state index contributed by atoms with van der Waals surface area (Å²) in [7, 11) is 0. The van der Waals surface area contributed by atoms with Crippen LogP contribution < -0.4 is 15.4 Å². The average Bonchev–Trinajstić information content (AvgIpc) is 2.26. The zero-order valence-electron chi connectivity index (χ0n) is 10.9. The largest absolute Gasteiger partial charge is 0.434 e. The third-order valence-corrected chi connectivity index (χ3v) is 3.11. The Balaban J connectivity index is 0.00000200. The van der Waals surface area contributed by atoms with Gasteiger partial charge in [-0.3, -0.25) is 4.79 Å². The fourth-order valence-electron chi connectivity index (χ4n) is 1.92. The molecule has 0 bridgehead atoms. The highest BCUT2D eigenvalue weighted by molar-refractivity contribution is 5.85. The molecule has 2 N–H and O–H groups in total. The number of amides is 1. The van der Waals surface area contributed by atoms with E-state index in [2.05, 4.69) is 15.4 Å². The highest BCUT2D eigenvalue weighted by Crippen LogP contribution is 2.26. The highest BCUT2D eigenvalue weighted by atomic mass is 35.5. The third kappa shape index (κ3) is 4.05. The molecule has 4 nitrogen and oxygen atoms in total. The maximum absolute atomic E-state index is 12.3. The number of ether oxygens (including phenoxy) is 1. The molecule has 0 aromatic heterocycles. The molecule has 0 saturated carbocycles. The van der Waals surface area contributed by atoms with E-state index in [-0.39, 0.29) is 36.0 Å². The normalized spacial score (nSPS) is 16.0. The van der Waals surface area contributed by atoms with Gasteiger partial charge in [-0.05, 0) is 13.0 Å². The van der Waals surface area contributed by atoms with E-state index in [0.717, 1.165) is 0 Å². The van der Waals surface area contributed by atoms with Crippen LogP contribution in [-0.4, -0.2) is 25.6 Å². The summed E-state index contributed by atoms with van der Waals surface area (Å²) in [6.07, 6.45) is 0. The summed E-state index contributed by atoms with van der Waals surface area (Å²) in [5.74, 6) is -0.0132. The van der Waals surface area contributed by atoms with Crippen molar-refractivity contribution in [3.8, 4) is 5.75 Å². The van der Waals surface area contributed by atoms with Crippen molar-refractivity contribution in [1.82, 2.24) is 10.6 Å². The van der Waals surface area contributed by atoms with Crippen LogP contribution in [0.25, 0.3) is 0 Å². The van der Waals surface area contributed by atoms with Gasteiger partial charge in [-0.1, -0.05) is 18.2 Å². The minimum absolute atomic E-state index is 0. The Morgan fingerprint density at radius 3 is 2.60 bits per heavy atom. The number of rotatable bonds is 5. The van der Waals surface area contributed by atoms with Crippen molar-refractivity contribution in [2.75, 3.05) is 13.1 Å². The molecule has 1 amide bonds. The number of carbonyl (C=O) groups is 1. The van der Waals surface area contributed by atoms with Crippen LogP contribution in [0.2, 0.25) is 0 Å². The smallest absolute Gasteiger partial charge is 0.387 e. The fourth-order valence-corrected chi connectivity index (χ4v) is 1.92. The van der Waals surface area contributed by atoms with Crippen molar-refractivity contribution >= 4 is 18.3 Å². The molecule has 2 rings (SSSR count). The van der Waals surface area contributed by atoms with Gasteiger partial charge in [0.05, 0.1) is 12.0 Å². The molecule has 0 radical (unpaired) electrons. The Morgan fingerprint density at radius 2 is 2.05 bits per heavy atom. The van der Waals surface area contributed by atoms with Gasteiger partial charge in [0.25, 0.3) is 0 Å². The van der Waals surface area contributed by atoms with Gasteiger partial charge < -0.3 is 15.4 Å². The van der Waals surface area contributed by atoms with Crippen molar-refractivity contribution in [2.24, 2.45) is 5.92 Å². The van der Waals surface area contributed by atoms with Gasteiger partial charge in [-0.15, -0.1) is 12.4 Å². The molecular weight excluding hydrogens is 290 g/mol. The summed E-state index contributed by atoms with van der Waals surface area (Å²) in [5, 5.41) is 5.82. The lowest BCUT2D eigenvalue weighted by molar-refractivity contribution is -0.127. The second-order valence-electron chi connectivity index (χ2n) is 4.50. The number of alkyl halides is 2. The maximum atomic E-state index is 12.3. The maximum Gasteiger partial charge on any atom is 0.387 e. The molecule has 1 unspecified atom stereocenters. The number of hydrogen-bond donors (Lipinski definition) is 2. The molecule has 1 fully saturated rings. The molecule has 1 aromatic carbocycles. The van der Waals surface area contributed by atoms with Crippen molar-refractivity contribution in [3.63, 3.8) is 0 Å². The predicted molar refractivity (Wildman–Crippen MR) is 73.2 cm³/mol. The van der Waals surface area contributed by atoms with E-state index in [1.807, 2.05) is 0 Å². The number of para-hydroxylation sites is 1.